The van der Waals surface area contributed by atoms with Crippen LogP contribution >= 0.6 is 11.8 Å². The highest BCUT2D eigenvalue weighted by Crippen LogP contribution is 2.31. The van der Waals surface area contributed by atoms with Crippen LogP contribution in [0.4, 0.5) is 0 Å². The second-order valence-corrected chi connectivity index (χ2v) is 5.79. The van der Waals surface area contributed by atoms with Gasteiger partial charge in [-0.1, -0.05) is 18.2 Å². The first-order chi connectivity index (χ1) is 9.72. The number of hydrogen-bond acceptors (Lipinski definition) is 3. The van der Waals surface area contributed by atoms with Gasteiger partial charge in [-0.3, -0.25) is 0 Å². The van der Waals surface area contributed by atoms with Gasteiger partial charge in [0, 0.05) is 17.1 Å². The monoisotopic (exact) mass is 286 g/mol. The first kappa shape index (κ1) is 13.1. The number of ether oxygens (including phenoxy) is 1. The van der Waals surface area contributed by atoms with Crippen LogP contribution in [0, 0.1) is 0 Å². The van der Waals surface area contributed by atoms with Gasteiger partial charge in [0.2, 0.25) is 0 Å². The predicted molar refractivity (Wildman–Crippen MR) is 78.7 cm³/mol. The molecular weight excluding hydrogens is 272 g/mol. The Bertz CT molecular complexity index is 597. The van der Waals surface area contributed by atoms with Gasteiger partial charge < -0.3 is 9.84 Å². The highest BCUT2D eigenvalue weighted by atomic mass is 32.2. The molecule has 3 rings (SSSR count). The molecule has 2 aromatic rings. The Morgan fingerprint density at radius 2 is 1.95 bits per heavy atom. The number of fused-ring (bicyclic) bond motifs is 1. The molecular formula is C16H14O3S. The molecule has 0 aliphatic carbocycles. The van der Waals surface area contributed by atoms with Gasteiger partial charge >= 0.3 is 5.97 Å². The molecule has 0 saturated heterocycles. The van der Waals surface area contributed by atoms with Crippen LogP contribution in [0.5, 0.6) is 5.75 Å². The number of benzene rings is 2. The molecule has 1 heterocycles. The number of carboxylic acid groups (broad SMARTS) is 1. The number of rotatable bonds is 4. The average molecular weight is 286 g/mol. The Balaban J connectivity index is 1.57. The Morgan fingerprint density at radius 1 is 1.20 bits per heavy atom. The van der Waals surface area contributed by atoms with Crippen molar-refractivity contribution in [2.45, 2.75) is 17.4 Å². The molecule has 1 aliphatic rings. The molecule has 102 valence electrons. The minimum Gasteiger partial charge on any atom is -0.489 e. The van der Waals surface area contributed by atoms with E-state index in [9.17, 15) is 4.79 Å². The van der Waals surface area contributed by atoms with Crippen LogP contribution in [-0.2, 0) is 6.42 Å². The van der Waals surface area contributed by atoms with Crippen LogP contribution in [0.25, 0.3) is 0 Å². The van der Waals surface area contributed by atoms with Crippen LogP contribution < -0.4 is 4.74 Å². The zero-order valence-corrected chi connectivity index (χ0v) is 11.6. The topological polar surface area (TPSA) is 46.5 Å². The molecule has 2 aromatic carbocycles. The van der Waals surface area contributed by atoms with Crippen molar-refractivity contribution in [1.29, 1.82) is 0 Å². The standard InChI is InChI=1S/C16H14O3S/c17-16(18)11-5-7-14(8-6-11)20-10-13-9-12-3-1-2-4-15(12)19-13/h1-8,13H,9-10H2,(H,17,18). The highest BCUT2D eigenvalue weighted by molar-refractivity contribution is 7.99. The van der Waals surface area contributed by atoms with E-state index >= 15 is 0 Å². The maximum absolute atomic E-state index is 10.8. The van der Waals surface area contributed by atoms with Crippen molar-refractivity contribution in [3.8, 4) is 5.75 Å². The molecule has 1 unspecified atom stereocenters. The summed E-state index contributed by atoms with van der Waals surface area (Å²) in [5.74, 6) is 0.955. The lowest BCUT2D eigenvalue weighted by Crippen LogP contribution is -2.15. The van der Waals surface area contributed by atoms with E-state index in [0.29, 0.717) is 5.56 Å². The molecule has 1 aliphatic heterocycles. The van der Waals surface area contributed by atoms with Gasteiger partial charge in [0.05, 0.1) is 5.56 Å². The zero-order chi connectivity index (χ0) is 13.9. The summed E-state index contributed by atoms with van der Waals surface area (Å²) < 4.78 is 5.88. The molecule has 1 N–H and O–H groups in total. The van der Waals surface area contributed by atoms with Crippen molar-refractivity contribution in [3.63, 3.8) is 0 Å². The van der Waals surface area contributed by atoms with Crippen molar-refractivity contribution in [1.82, 2.24) is 0 Å². The van der Waals surface area contributed by atoms with Crippen molar-refractivity contribution in [2.75, 3.05) is 5.75 Å². The minimum absolute atomic E-state index is 0.191. The van der Waals surface area contributed by atoms with E-state index in [-0.39, 0.29) is 6.10 Å². The SMILES string of the molecule is O=C(O)c1ccc(SCC2Cc3ccccc3O2)cc1. The van der Waals surface area contributed by atoms with Crippen molar-refractivity contribution in [3.05, 3.63) is 59.7 Å². The van der Waals surface area contributed by atoms with E-state index in [1.54, 1.807) is 23.9 Å². The van der Waals surface area contributed by atoms with Gasteiger partial charge in [0.25, 0.3) is 0 Å². The first-order valence-corrected chi connectivity index (χ1v) is 7.41. The molecule has 0 saturated carbocycles. The summed E-state index contributed by atoms with van der Waals surface area (Å²) in [6, 6.07) is 15.1. The van der Waals surface area contributed by atoms with Crippen LogP contribution in [0.2, 0.25) is 0 Å². The lowest BCUT2D eigenvalue weighted by molar-refractivity contribution is 0.0697. The van der Waals surface area contributed by atoms with E-state index in [0.717, 1.165) is 22.8 Å². The first-order valence-electron chi connectivity index (χ1n) is 6.43. The molecule has 1 atom stereocenters. The fourth-order valence-corrected chi connectivity index (χ4v) is 3.12. The van der Waals surface area contributed by atoms with Crippen LogP contribution in [0.1, 0.15) is 15.9 Å². The molecule has 0 spiro atoms. The number of carbonyl (C=O) groups is 1. The number of para-hydroxylation sites is 1. The Morgan fingerprint density at radius 3 is 2.65 bits per heavy atom. The lowest BCUT2D eigenvalue weighted by atomic mass is 10.1. The summed E-state index contributed by atoms with van der Waals surface area (Å²) in [6.07, 6.45) is 1.13. The molecule has 0 aromatic heterocycles. The van der Waals surface area contributed by atoms with Gasteiger partial charge in [-0.2, -0.15) is 0 Å². The summed E-state index contributed by atoms with van der Waals surface area (Å²) in [6.45, 7) is 0. The molecule has 0 amide bonds. The van der Waals surface area contributed by atoms with Crippen molar-refractivity contribution >= 4 is 17.7 Å². The smallest absolute Gasteiger partial charge is 0.335 e. The number of carboxylic acids is 1. The van der Waals surface area contributed by atoms with Gasteiger partial charge in [-0.25, -0.2) is 4.79 Å². The van der Waals surface area contributed by atoms with E-state index in [1.807, 2.05) is 30.3 Å². The average Bonchev–Trinajstić information content (AvgIpc) is 2.88. The van der Waals surface area contributed by atoms with Crippen LogP contribution in [-0.4, -0.2) is 22.9 Å². The molecule has 4 heteroatoms. The fraction of sp³-hybridized carbons (Fsp3) is 0.188. The summed E-state index contributed by atoms with van der Waals surface area (Å²) in [5.41, 5.74) is 1.58. The summed E-state index contributed by atoms with van der Waals surface area (Å²) in [5, 5.41) is 8.85. The van der Waals surface area contributed by atoms with Gasteiger partial charge in [0.1, 0.15) is 11.9 Å². The van der Waals surface area contributed by atoms with Gasteiger partial charge in [0.15, 0.2) is 0 Å². The third-order valence-corrected chi connectivity index (χ3v) is 4.39. The molecule has 20 heavy (non-hydrogen) atoms. The Kier molecular flexibility index (Phi) is 3.65. The summed E-state index contributed by atoms with van der Waals surface area (Å²) in [4.78, 5) is 11.8. The predicted octanol–water partition coefficient (Wildman–Crippen LogP) is 3.48. The largest absolute Gasteiger partial charge is 0.489 e. The molecule has 0 radical (unpaired) electrons. The summed E-state index contributed by atoms with van der Waals surface area (Å²) >= 11 is 1.69. The van der Waals surface area contributed by atoms with E-state index in [4.69, 9.17) is 9.84 Å². The highest BCUT2D eigenvalue weighted by Gasteiger charge is 2.22. The molecule has 3 nitrogen and oxygen atoms in total. The van der Waals surface area contributed by atoms with E-state index in [2.05, 4.69) is 6.07 Å². The molecule has 0 fully saturated rings. The lowest BCUT2D eigenvalue weighted by Gasteiger charge is -2.10. The third kappa shape index (κ3) is 2.80. The van der Waals surface area contributed by atoms with Gasteiger partial charge in [-0.05, 0) is 35.9 Å². The zero-order valence-electron chi connectivity index (χ0n) is 10.8. The maximum Gasteiger partial charge on any atom is 0.335 e. The van der Waals surface area contributed by atoms with Gasteiger partial charge in [-0.15, -0.1) is 11.8 Å². The Labute approximate surface area is 121 Å². The fourth-order valence-electron chi connectivity index (χ4n) is 2.23. The van der Waals surface area contributed by atoms with Crippen molar-refractivity contribution < 1.29 is 14.6 Å². The quantitative estimate of drug-likeness (QED) is 0.874. The third-order valence-electron chi connectivity index (χ3n) is 3.25. The second kappa shape index (κ2) is 5.59. The van der Waals surface area contributed by atoms with E-state index in [1.165, 1.54) is 5.56 Å². The number of aromatic carboxylic acids is 1. The Hall–Kier alpha value is -1.94. The second-order valence-electron chi connectivity index (χ2n) is 4.69. The maximum atomic E-state index is 10.8. The normalized spacial score (nSPS) is 16.5. The van der Waals surface area contributed by atoms with Crippen LogP contribution in [0.15, 0.2) is 53.4 Å². The van der Waals surface area contributed by atoms with Crippen LogP contribution in [0.3, 0.4) is 0 Å². The van der Waals surface area contributed by atoms with Crippen molar-refractivity contribution in [2.24, 2.45) is 0 Å². The number of hydrogen-bond donors (Lipinski definition) is 1. The summed E-state index contributed by atoms with van der Waals surface area (Å²) in [7, 11) is 0. The minimum atomic E-state index is -0.892. The molecule has 0 bridgehead atoms. The number of thioether (sulfide) groups is 1. The van der Waals surface area contributed by atoms with E-state index < -0.39 is 5.97 Å².